The van der Waals surface area contributed by atoms with E-state index in [0.29, 0.717) is 56.7 Å². The first-order chi connectivity index (χ1) is 14.9. The Bertz CT molecular complexity index is 1180. The number of piperazine rings is 1. The Kier molecular flexibility index (Phi) is 6.08. The lowest BCUT2D eigenvalue weighted by molar-refractivity contribution is -0.132. The molecule has 0 radical (unpaired) electrons. The minimum absolute atomic E-state index is 0.0206. The lowest BCUT2D eigenvalue weighted by Crippen LogP contribution is -2.50. The van der Waals surface area contributed by atoms with E-state index in [1.807, 2.05) is 12.1 Å². The minimum atomic E-state index is -0.498. The van der Waals surface area contributed by atoms with Gasteiger partial charge in [-0.2, -0.15) is 0 Å². The van der Waals surface area contributed by atoms with Crippen LogP contribution in [-0.2, 0) is 11.3 Å². The molecule has 31 heavy (non-hydrogen) atoms. The van der Waals surface area contributed by atoms with Crippen molar-refractivity contribution in [2.24, 2.45) is 0 Å². The van der Waals surface area contributed by atoms with Crippen LogP contribution in [0.4, 0.5) is 4.39 Å². The Hall–Kier alpha value is -3.13. The summed E-state index contributed by atoms with van der Waals surface area (Å²) in [5.74, 6) is -1.22. The largest absolute Gasteiger partial charge is 0.419 e. The molecular formula is C22H21ClFN3O4. The average Bonchev–Trinajstić information content (AvgIpc) is 3.08. The zero-order chi connectivity index (χ0) is 22.0. The van der Waals surface area contributed by atoms with Gasteiger partial charge in [0.25, 0.3) is 5.91 Å². The number of benzene rings is 2. The van der Waals surface area contributed by atoms with E-state index in [-0.39, 0.29) is 22.4 Å². The van der Waals surface area contributed by atoms with Crippen molar-refractivity contribution in [2.75, 3.05) is 26.2 Å². The number of fused-ring (bicyclic) bond motifs is 1. The van der Waals surface area contributed by atoms with Crippen molar-refractivity contribution in [3.05, 3.63) is 69.4 Å². The van der Waals surface area contributed by atoms with Crippen molar-refractivity contribution in [3.63, 3.8) is 0 Å². The van der Waals surface area contributed by atoms with Crippen molar-refractivity contribution >= 4 is 34.5 Å². The number of halogens is 2. The standard InChI is InChI=1S/C22H21ClFN3O4/c23-17-14-15(24)7-8-16(17)21(29)26-12-10-25(11-13-26)20(28)6-3-9-27-18-4-1-2-5-19(18)31-22(27)30/h1-2,4-5,7-8,14H,3,6,9-13H2. The fourth-order valence-electron chi connectivity index (χ4n) is 3.76. The lowest BCUT2D eigenvalue weighted by Gasteiger charge is -2.35. The molecule has 1 fully saturated rings. The molecule has 0 saturated carbocycles. The molecule has 0 atom stereocenters. The molecule has 2 aromatic carbocycles. The second kappa shape index (κ2) is 8.93. The van der Waals surface area contributed by atoms with Gasteiger partial charge in [-0.25, -0.2) is 9.18 Å². The summed E-state index contributed by atoms with van der Waals surface area (Å²) in [6.07, 6.45) is 0.802. The number of hydrogen-bond donors (Lipinski definition) is 0. The molecule has 9 heteroatoms. The first-order valence-electron chi connectivity index (χ1n) is 10.0. The van der Waals surface area contributed by atoms with Crippen LogP contribution in [0, 0.1) is 5.82 Å². The molecule has 1 saturated heterocycles. The Balaban J connectivity index is 1.29. The Labute approximate surface area is 182 Å². The SMILES string of the molecule is O=C(CCCn1c(=O)oc2ccccc21)N1CCN(C(=O)c2ccc(F)cc2Cl)CC1. The summed E-state index contributed by atoms with van der Waals surface area (Å²) in [6.45, 7) is 1.98. The topological polar surface area (TPSA) is 75.8 Å². The molecule has 4 rings (SSSR count). The number of carbonyl (C=O) groups is 2. The van der Waals surface area contributed by atoms with Crippen molar-refractivity contribution in [2.45, 2.75) is 19.4 Å². The van der Waals surface area contributed by atoms with Crippen LogP contribution >= 0.6 is 11.6 Å². The van der Waals surface area contributed by atoms with Gasteiger partial charge in [0.1, 0.15) is 5.82 Å². The highest BCUT2D eigenvalue weighted by Gasteiger charge is 2.26. The van der Waals surface area contributed by atoms with Crippen molar-refractivity contribution in [1.29, 1.82) is 0 Å². The quantitative estimate of drug-likeness (QED) is 0.604. The van der Waals surface area contributed by atoms with E-state index in [1.54, 1.807) is 21.9 Å². The summed E-state index contributed by atoms with van der Waals surface area (Å²) in [5.41, 5.74) is 1.49. The zero-order valence-corrected chi connectivity index (χ0v) is 17.5. The monoisotopic (exact) mass is 445 g/mol. The molecule has 2 heterocycles. The predicted octanol–water partition coefficient (Wildman–Crippen LogP) is 3.15. The van der Waals surface area contributed by atoms with Gasteiger partial charge < -0.3 is 14.2 Å². The smallest absolute Gasteiger partial charge is 0.408 e. The molecule has 0 N–H and O–H groups in total. The summed E-state index contributed by atoms with van der Waals surface area (Å²) in [6, 6.07) is 10.9. The van der Waals surface area contributed by atoms with Crippen LogP contribution in [0.5, 0.6) is 0 Å². The predicted molar refractivity (Wildman–Crippen MR) is 114 cm³/mol. The summed E-state index contributed by atoms with van der Waals surface area (Å²) in [7, 11) is 0. The molecule has 0 bridgehead atoms. The number of carbonyl (C=O) groups excluding carboxylic acids is 2. The summed E-state index contributed by atoms with van der Waals surface area (Å²) in [5, 5.41) is 0.0746. The normalized spacial score (nSPS) is 14.3. The number of oxazole rings is 1. The van der Waals surface area contributed by atoms with Gasteiger partial charge in [0, 0.05) is 39.1 Å². The third-order valence-corrected chi connectivity index (χ3v) is 5.74. The van der Waals surface area contributed by atoms with Crippen LogP contribution in [0.1, 0.15) is 23.2 Å². The fourth-order valence-corrected chi connectivity index (χ4v) is 4.01. The highest BCUT2D eigenvalue weighted by Crippen LogP contribution is 2.20. The fraction of sp³-hybridized carbons (Fsp3) is 0.318. The zero-order valence-electron chi connectivity index (χ0n) is 16.7. The third-order valence-electron chi connectivity index (χ3n) is 5.43. The second-order valence-electron chi connectivity index (χ2n) is 7.39. The maximum absolute atomic E-state index is 13.2. The average molecular weight is 446 g/mol. The van der Waals surface area contributed by atoms with E-state index in [9.17, 15) is 18.8 Å². The molecule has 7 nitrogen and oxygen atoms in total. The van der Waals surface area contributed by atoms with Gasteiger partial charge in [-0.3, -0.25) is 14.2 Å². The van der Waals surface area contributed by atoms with E-state index >= 15 is 0 Å². The molecule has 1 aliphatic rings. The highest BCUT2D eigenvalue weighted by molar-refractivity contribution is 6.33. The van der Waals surface area contributed by atoms with Crippen LogP contribution in [-0.4, -0.2) is 52.4 Å². The van der Waals surface area contributed by atoms with Crippen LogP contribution in [0.3, 0.4) is 0 Å². The summed E-state index contributed by atoms with van der Waals surface area (Å²) >= 11 is 5.99. The second-order valence-corrected chi connectivity index (χ2v) is 7.80. The van der Waals surface area contributed by atoms with Crippen LogP contribution in [0.2, 0.25) is 5.02 Å². The molecule has 162 valence electrons. The summed E-state index contributed by atoms with van der Waals surface area (Å²) < 4.78 is 19.9. The van der Waals surface area contributed by atoms with Gasteiger partial charge in [0.15, 0.2) is 5.58 Å². The van der Waals surface area contributed by atoms with Crippen LogP contribution in [0.25, 0.3) is 11.1 Å². The number of para-hydroxylation sites is 2. The Morgan fingerprint density at radius 2 is 1.74 bits per heavy atom. The Morgan fingerprint density at radius 1 is 1.03 bits per heavy atom. The molecule has 1 aromatic heterocycles. The van der Waals surface area contributed by atoms with Crippen molar-refractivity contribution < 1.29 is 18.4 Å². The molecule has 0 spiro atoms. The van der Waals surface area contributed by atoms with E-state index in [1.165, 1.54) is 16.7 Å². The molecule has 1 aliphatic heterocycles. The lowest BCUT2D eigenvalue weighted by atomic mass is 10.1. The van der Waals surface area contributed by atoms with Crippen molar-refractivity contribution in [3.8, 4) is 0 Å². The van der Waals surface area contributed by atoms with Gasteiger partial charge in [-0.1, -0.05) is 23.7 Å². The van der Waals surface area contributed by atoms with E-state index in [4.69, 9.17) is 16.0 Å². The number of hydrogen-bond acceptors (Lipinski definition) is 4. The van der Waals surface area contributed by atoms with Gasteiger partial charge in [-0.15, -0.1) is 0 Å². The number of amides is 2. The first kappa shape index (κ1) is 21.1. The minimum Gasteiger partial charge on any atom is -0.408 e. The summed E-state index contributed by atoms with van der Waals surface area (Å²) in [4.78, 5) is 40.5. The van der Waals surface area contributed by atoms with E-state index in [0.717, 1.165) is 6.07 Å². The van der Waals surface area contributed by atoms with Crippen molar-refractivity contribution in [1.82, 2.24) is 14.4 Å². The van der Waals surface area contributed by atoms with Gasteiger partial charge in [0.05, 0.1) is 16.1 Å². The molecule has 0 aliphatic carbocycles. The highest BCUT2D eigenvalue weighted by atomic mass is 35.5. The number of aromatic nitrogens is 1. The van der Waals surface area contributed by atoms with E-state index < -0.39 is 11.6 Å². The Morgan fingerprint density at radius 3 is 2.48 bits per heavy atom. The first-order valence-corrected chi connectivity index (χ1v) is 10.4. The number of rotatable bonds is 5. The molecular weight excluding hydrogens is 425 g/mol. The number of aryl methyl sites for hydroxylation is 1. The maximum atomic E-state index is 13.2. The molecule has 0 unspecified atom stereocenters. The van der Waals surface area contributed by atoms with Gasteiger partial charge in [0.2, 0.25) is 5.91 Å². The van der Waals surface area contributed by atoms with E-state index in [2.05, 4.69) is 0 Å². The molecule has 3 aromatic rings. The van der Waals surface area contributed by atoms with Gasteiger partial charge >= 0.3 is 5.76 Å². The molecule has 2 amide bonds. The van der Waals surface area contributed by atoms with Gasteiger partial charge in [-0.05, 0) is 36.8 Å². The third kappa shape index (κ3) is 4.49. The van der Waals surface area contributed by atoms with Crippen LogP contribution in [0.15, 0.2) is 51.7 Å². The number of nitrogens with zero attached hydrogens (tertiary/aromatic N) is 3. The van der Waals surface area contributed by atoms with Crippen LogP contribution < -0.4 is 5.76 Å². The maximum Gasteiger partial charge on any atom is 0.419 e.